The maximum Gasteiger partial charge on any atom is 0.217 e. The van der Waals surface area contributed by atoms with E-state index in [1.165, 1.54) is 11.8 Å². The van der Waals surface area contributed by atoms with Gasteiger partial charge in [0.15, 0.2) is 6.21 Å². The van der Waals surface area contributed by atoms with Gasteiger partial charge in [-0.15, -0.1) is 0 Å². The lowest BCUT2D eigenvalue weighted by molar-refractivity contribution is -0.354. The average Bonchev–Trinajstić information content (AvgIpc) is 2.32. The van der Waals surface area contributed by atoms with Crippen LogP contribution < -0.4 is 0 Å². The molecule has 0 heterocycles. The zero-order chi connectivity index (χ0) is 12.3. The van der Waals surface area contributed by atoms with E-state index in [0.29, 0.717) is 10.7 Å². The van der Waals surface area contributed by atoms with Gasteiger partial charge in [-0.2, -0.15) is 4.74 Å². The van der Waals surface area contributed by atoms with Gasteiger partial charge < -0.3 is 5.21 Å². The Kier molecular flexibility index (Phi) is 3.45. The Morgan fingerprint density at radius 2 is 1.82 bits per heavy atom. The van der Waals surface area contributed by atoms with Gasteiger partial charge in [0, 0.05) is 22.7 Å². The van der Waals surface area contributed by atoms with Gasteiger partial charge in [-0.1, -0.05) is 35.4 Å². The monoisotopic (exact) mass is 245 g/mol. The molecule has 0 spiro atoms. The van der Waals surface area contributed by atoms with Crippen molar-refractivity contribution in [2.75, 3.05) is 0 Å². The lowest BCUT2D eigenvalue weighted by atomic mass is 10.2. The fraction of sp³-hybridized carbons (Fsp3) is 0.0714. The highest BCUT2D eigenvalue weighted by Crippen LogP contribution is 2.17. The minimum atomic E-state index is 0.526. The first-order valence-electron chi connectivity index (χ1n) is 5.28. The molecule has 0 aliphatic carbocycles. The minimum Gasteiger partial charge on any atom is -0.618 e. The normalized spacial score (nSPS) is 11.5. The highest BCUT2D eigenvalue weighted by Gasteiger charge is 2.02. The molecule has 2 aromatic carbocycles. The number of aryl methyl sites for hydroxylation is 1. The van der Waals surface area contributed by atoms with Crippen molar-refractivity contribution in [3.63, 3.8) is 0 Å². The first kappa shape index (κ1) is 11.7. The van der Waals surface area contributed by atoms with E-state index in [9.17, 15) is 5.21 Å². The van der Waals surface area contributed by atoms with Crippen LogP contribution in [0.15, 0.2) is 48.5 Å². The summed E-state index contributed by atoms with van der Waals surface area (Å²) in [6, 6.07) is 14.6. The molecule has 0 bridgehead atoms. The predicted molar refractivity (Wildman–Crippen MR) is 71.1 cm³/mol. The topological polar surface area (TPSA) is 26.1 Å². The maximum atomic E-state index is 11.9. The van der Waals surface area contributed by atoms with Gasteiger partial charge in [0.1, 0.15) is 0 Å². The molecule has 0 aliphatic heterocycles. The molecule has 0 aromatic heterocycles. The highest BCUT2D eigenvalue weighted by atomic mass is 35.5. The van der Waals surface area contributed by atoms with Crippen LogP contribution in [0.25, 0.3) is 0 Å². The van der Waals surface area contributed by atoms with E-state index in [1.54, 1.807) is 24.3 Å². The van der Waals surface area contributed by atoms with Crippen LogP contribution in [0.5, 0.6) is 0 Å². The van der Waals surface area contributed by atoms with Crippen LogP contribution in [0, 0.1) is 12.1 Å². The summed E-state index contributed by atoms with van der Waals surface area (Å²) < 4.78 is 0.816. The smallest absolute Gasteiger partial charge is 0.217 e. The molecule has 0 saturated carbocycles. The van der Waals surface area contributed by atoms with Crippen molar-refractivity contribution in [1.29, 1.82) is 0 Å². The Bertz CT molecular complexity index is 546. The highest BCUT2D eigenvalue weighted by molar-refractivity contribution is 6.30. The molecule has 0 aliphatic rings. The SMILES string of the molecule is Cc1ccc(/C=[N+](\[O-])c2cccc(Cl)c2)cc1. The standard InChI is InChI=1S/C14H12ClNO/c1-11-5-7-12(8-6-11)10-16(17)14-4-2-3-13(15)9-14/h2-10H,1H3/b16-10-. The largest absolute Gasteiger partial charge is 0.618 e. The number of hydrogen-bond acceptors (Lipinski definition) is 1. The van der Waals surface area contributed by atoms with Crippen molar-refractivity contribution in [3.05, 3.63) is 69.9 Å². The van der Waals surface area contributed by atoms with E-state index in [0.717, 1.165) is 10.3 Å². The van der Waals surface area contributed by atoms with Crippen molar-refractivity contribution in [2.24, 2.45) is 0 Å². The molecule has 0 atom stereocenters. The molecule has 0 fully saturated rings. The summed E-state index contributed by atoms with van der Waals surface area (Å²) in [4.78, 5) is 0. The van der Waals surface area contributed by atoms with Gasteiger partial charge in [-0.3, -0.25) is 0 Å². The van der Waals surface area contributed by atoms with Crippen LogP contribution in [0.4, 0.5) is 5.69 Å². The van der Waals surface area contributed by atoms with E-state index in [4.69, 9.17) is 11.6 Å². The third-order valence-electron chi connectivity index (χ3n) is 2.41. The van der Waals surface area contributed by atoms with Gasteiger partial charge in [0.05, 0.1) is 0 Å². The van der Waals surface area contributed by atoms with Gasteiger partial charge in [-0.05, 0) is 25.1 Å². The fourth-order valence-corrected chi connectivity index (χ4v) is 1.66. The van der Waals surface area contributed by atoms with Crippen molar-refractivity contribution in [1.82, 2.24) is 0 Å². The van der Waals surface area contributed by atoms with Crippen molar-refractivity contribution in [3.8, 4) is 0 Å². The second-order valence-electron chi connectivity index (χ2n) is 3.85. The lowest BCUT2D eigenvalue weighted by Crippen LogP contribution is -1.98. The summed E-state index contributed by atoms with van der Waals surface area (Å²) in [7, 11) is 0. The average molecular weight is 246 g/mol. The molecule has 2 nitrogen and oxygen atoms in total. The van der Waals surface area contributed by atoms with E-state index in [1.807, 2.05) is 31.2 Å². The quantitative estimate of drug-likeness (QED) is 0.341. The molecule has 2 rings (SSSR count). The Hall–Kier alpha value is -1.80. The van der Waals surface area contributed by atoms with Crippen molar-refractivity contribution >= 4 is 23.5 Å². The summed E-state index contributed by atoms with van der Waals surface area (Å²) in [6.07, 6.45) is 1.53. The molecule has 86 valence electrons. The second kappa shape index (κ2) is 5.02. The fourth-order valence-electron chi connectivity index (χ4n) is 1.48. The molecule has 0 amide bonds. The van der Waals surface area contributed by atoms with Gasteiger partial charge in [-0.25, -0.2) is 0 Å². The molecule has 0 unspecified atom stereocenters. The van der Waals surface area contributed by atoms with Crippen LogP contribution in [0.1, 0.15) is 11.1 Å². The molecule has 0 N–H and O–H groups in total. The third kappa shape index (κ3) is 3.08. The molecule has 2 aromatic rings. The molecule has 0 radical (unpaired) electrons. The first-order valence-corrected chi connectivity index (χ1v) is 5.66. The number of halogens is 1. The summed E-state index contributed by atoms with van der Waals surface area (Å²) in [5.41, 5.74) is 2.56. The van der Waals surface area contributed by atoms with Gasteiger partial charge in [0.2, 0.25) is 5.69 Å². The van der Waals surface area contributed by atoms with E-state index >= 15 is 0 Å². The Morgan fingerprint density at radius 1 is 1.12 bits per heavy atom. The van der Waals surface area contributed by atoms with E-state index < -0.39 is 0 Å². The molecular weight excluding hydrogens is 234 g/mol. The zero-order valence-electron chi connectivity index (χ0n) is 9.43. The van der Waals surface area contributed by atoms with Crippen LogP contribution in [-0.2, 0) is 0 Å². The first-order chi connectivity index (χ1) is 8.15. The second-order valence-corrected chi connectivity index (χ2v) is 4.28. The molecule has 3 heteroatoms. The van der Waals surface area contributed by atoms with Crippen LogP contribution >= 0.6 is 11.6 Å². The van der Waals surface area contributed by atoms with Crippen molar-refractivity contribution in [2.45, 2.75) is 6.92 Å². The Morgan fingerprint density at radius 3 is 2.47 bits per heavy atom. The Labute approximate surface area is 105 Å². The molecular formula is C14H12ClNO. The van der Waals surface area contributed by atoms with Crippen LogP contribution in [-0.4, -0.2) is 11.0 Å². The molecule has 17 heavy (non-hydrogen) atoms. The summed E-state index contributed by atoms with van der Waals surface area (Å²) in [5.74, 6) is 0. The maximum absolute atomic E-state index is 11.9. The van der Waals surface area contributed by atoms with Crippen molar-refractivity contribution < 1.29 is 4.74 Å². The summed E-state index contributed by atoms with van der Waals surface area (Å²) >= 11 is 5.83. The van der Waals surface area contributed by atoms with E-state index in [-0.39, 0.29) is 0 Å². The van der Waals surface area contributed by atoms with Gasteiger partial charge in [0.25, 0.3) is 0 Å². The summed E-state index contributed by atoms with van der Waals surface area (Å²) in [5, 5.41) is 12.4. The number of nitrogens with zero attached hydrogens (tertiary/aromatic N) is 1. The Balaban J connectivity index is 2.30. The lowest BCUT2D eigenvalue weighted by Gasteiger charge is -2.03. The number of benzene rings is 2. The predicted octanol–water partition coefficient (Wildman–Crippen LogP) is 3.91. The minimum absolute atomic E-state index is 0.526. The summed E-state index contributed by atoms with van der Waals surface area (Å²) in [6.45, 7) is 2.01. The van der Waals surface area contributed by atoms with Crippen LogP contribution in [0.3, 0.4) is 0 Å². The van der Waals surface area contributed by atoms with Crippen LogP contribution in [0.2, 0.25) is 5.02 Å². The molecule has 0 saturated heterocycles. The van der Waals surface area contributed by atoms with Gasteiger partial charge >= 0.3 is 0 Å². The number of rotatable bonds is 2. The van der Waals surface area contributed by atoms with E-state index in [2.05, 4.69) is 0 Å². The third-order valence-corrected chi connectivity index (χ3v) is 2.64. The number of hydrogen-bond donors (Lipinski definition) is 0. The zero-order valence-corrected chi connectivity index (χ0v) is 10.2.